The van der Waals surface area contributed by atoms with Crippen molar-refractivity contribution in [2.24, 2.45) is 5.92 Å². The van der Waals surface area contributed by atoms with Gasteiger partial charge in [0.2, 0.25) is 0 Å². The molecule has 1 aromatic heterocycles. The predicted molar refractivity (Wildman–Crippen MR) is 112 cm³/mol. The van der Waals surface area contributed by atoms with Crippen molar-refractivity contribution in [2.45, 2.75) is 82.6 Å². The molecule has 11 nitrogen and oxygen atoms in total. The van der Waals surface area contributed by atoms with Crippen molar-refractivity contribution < 1.29 is 63.2 Å². The molecule has 3 heterocycles. The smallest absolute Gasteiger partial charge is 0.548 e. The SMILES string of the molecule is CO[C@@H]1[C@H](OC(=O)NCc2cn(CC(=O)[O-])nn2)CC[C@]2(CO2)[C@H]1[C@@]1(C)O[C@@H]1CC=C(C)C.[Na+]. The Kier molecular flexibility index (Phi) is 8.47. The van der Waals surface area contributed by atoms with Gasteiger partial charge in [0, 0.05) is 7.11 Å². The number of nitrogens with zero attached hydrogens (tertiary/aromatic N) is 3. The van der Waals surface area contributed by atoms with E-state index in [0.29, 0.717) is 18.7 Å². The number of rotatable bonds is 9. The van der Waals surface area contributed by atoms with Gasteiger partial charge in [0.05, 0.1) is 43.9 Å². The fourth-order valence-electron chi connectivity index (χ4n) is 5.04. The molecule has 0 radical (unpaired) electrons. The molecule has 1 amide bonds. The first-order valence-corrected chi connectivity index (χ1v) is 11.2. The topological polar surface area (TPSA) is 143 Å². The molecule has 1 saturated carbocycles. The van der Waals surface area contributed by atoms with Gasteiger partial charge in [0.25, 0.3) is 0 Å². The molecule has 1 aliphatic carbocycles. The van der Waals surface area contributed by atoms with Gasteiger partial charge in [-0.05, 0) is 40.0 Å². The van der Waals surface area contributed by atoms with Crippen molar-refractivity contribution in [1.29, 1.82) is 0 Å². The van der Waals surface area contributed by atoms with Gasteiger partial charge in [-0.2, -0.15) is 0 Å². The second-order valence-corrected chi connectivity index (χ2v) is 9.45. The minimum Gasteiger partial charge on any atom is -0.548 e. The minimum absolute atomic E-state index is 0. The first-order chi connectivity index (χ1) is 15.7. The Morgan fingerprint density at radius 3 is 2.76 bits per heavy atom. The fraction of sp³-hybridized carbons (Fsp3) is 0.727. The van der Waals surface area contributed by atoms with Crippen LogP contribution in [0.3, 0.4) is 0 Å². The second-order valence-electron chi connectivity index (χ2n) is 9.45. The zero-order valence-electron chi connectivity index (χ0n) is 20.4. The number of nitrogens with one attached hydrogen (secondary N) is 1. The molecule has 34 heavy (non-hydrogen) atoms. The van der Waals surface area contributed by atoms with Crippen LogP contribution in [-0.4, -0.2) is 70.3 Å². The molecule has 12 heteroatoms. The van der Waals surface area contributed by atoms with Crippen LogP contribution in [0.4, 0.5) is 4.79 Å². The molecule has 2 saturated heterocycles. The first kappa shape index (κ1) is 27.1. The summed E-state index contributed by atoms with van der Waals surface area (Å²) in [5.74, 6) is -1.33. The van der Waals surface area contributed by atoms with E-state index in [9.17, 15) is 14.7 Å². The van der Waals surface area contributed by atoms with E-state index in [0.717, 1.165) is 17.5 Å². The number of epoxide rings is 2. The average molecular weight is 487 g/mol. The summed E-state index contributed by atoms with van der Waals surface area (Å²) >= 11 is 0. The molecule has 1 aromatic rings. The van der Waals surface area contributed by atoms with Crippen LogP contribution in [0.1, 0.15) is 45.7 Å². The molecule has 1 N–H and O–H groups in total. The molecule has 0 unspecified atom stereocenters. The van der Waals surface area contributed by atoms with Gasteiger partial charge in [-0.15, -0.1) is 5.10 Å². The number of hydrogen-bond donors (Lipinski definition) is 1. The van der Waals surface area contributed by atoms with Crippen LogP contribution >= 0.6 is 0 Å². The number of ether oxygens (including phenoxy) is 4. The van der Waals surface area contributed by atoms with E-state index >= 15 is 0 Å². The number of methoxy groups -OCH3 is 1. The summed E-state index contributed by atoms with van der Waals surface area (Å²) in [7, 11) is 1.62. The number of aromatic nitrogens is 3. The van der Waals surface area contributed by atoms with E-state index in [4.69, 9.17) is 18.9 Å². The maximum Gasteiger partial charge on any atom is 1.00 e. The van der Waals surface area contributed by atoms with Gasteiger partial charge in [0.1, 0.15) is 29.1 Å². The fourth-order valence-corrected chi connectivity index (χ4v) is 5.04. The van der Waals surface area contributed by atoms with Crippen LogP contribution < -0.4 is 40.0 Å². The summed E-state index contributed by atoms with van der Waals surface area (Å²) < 4.78 is 24.8. The average Bonchev–Trinajstić information content (AvgIpc) is 3.61. The van der Waals surface area contributed by atoms with Gasteiger partial charge in [-0.3, -0.25) is 0 Å². The zero-order chi connectivity index (χ0) is 23.8. The third kappa shape index (κ3) is 5.83. The number of carboxylic acid groups (broad SMARTS) is 1. The summed E-state index contributed by atoms with van der Waals surface area (Å²) in [6, 6.07) is 0. The van der Waals surface area contributed by atoms with E-state index in [1.165, 1.54) is 11.8 Å². The minimum atomic E-state index is -1.27. The van der Waals surface area contributed by atoms with Crippen molar-refractivity contribution in [3.63, 3.8) is 0 Å². The quantitative estimate of drug-likeness (QED) is 0.225. The standard InChI is InChI=1S/C22H32N4O7.Na/c1-13(2)5-6-16-21(3,33-16)19-18(30-4)15(7-8-22(19)12-31-22)32-20(29)23-9-14-10-26(25-24-14)11-17(27)28;/h5,10,15-16,18-19H,6-9,11-12H2,1-4H3,(H,23,29)(H,27,28);/q;+1/p-1/t15-,16-,18-,19-,21+,22+;/m1./s1. The Morgan fingerprint density at radius 1 is 1.41 bits per heavy atom. The largest absolute Gasteiger partial charge is 1.00 e. The van der Waals surface area contributed by atoms with Gasteiger partial charge >= 0.3 is 35.7 Å². The Balaban J connectivity index is 0.00000324. The molecule has 0 aromatic carbocycles. The molecule has 4 rings (SSSR count). The third-order valence-corrected chi connectivity index (χ3v) is 6.79. The van der Waals surface area contributed by atoms with Crippen molar-refractivity contribution in [2.75, 3.05) is 13.7 Å². The van der Waals surface area contributed by atoms with E-state index < -0.39 is 30.3 Å². The number of allylic oxidation sites excluding steroid dienone is 1. The van der Waals surface area contributed by atoms with Crippen molar-refractivity contribution >= 4 is 12.1 Å². The number of carbonyl (C=O) groups excluding carboxylic acids is 2. The predicted octanol–water partition coefficient (Wildman–Crippen LogP) is -2.67. The Bertz CT molecular complexity index is 930. The van der Waals surface area contributed by atoms with E-state index in [-0.39, 0.29) is 59.8 Å². The number of carboxylic acids is 1. The first-order valence-electron chi connectivity index (χ1n) is 11.2. The van der Waals surface area contributed by atoms with Crippen molar-refractivity contribution in [1.82, 2.24) is 20.3 Å². The van der Waals surface area contributed by atoms with Crippen LogP contribution in [0, 0.1) is 5.92 Å². The normalized spacial score (nSPS) is 33.5. The van der Waals surface area contributed by atoms with Crippen molar-refractivity contribution in [3.05, 3.63) is 23.5 Å². The number of alkyl carbamates (subject to hydrolysis) is 1. The second kappa shape index (κ2) is 10.6. The number of carbonyl (C=O) groups is 2. The van der Waals surface area contributed by atoms with E-state index in [1.54, 1.807) is 7.11 Å². The molecule has 0 bridgehead atoms. The maximum atomic E-state index is 12.5. The maximum absolute atomic E-state index is 12.5. The molecule has 2 aliphatic heterocycles. The van der Waals surface area contributed by atoms with Crippen LogP contribution in [0.25, 0.3) is 0 Å². The molecule has 6 atom stereocenters. The molecule has 3 aliphatic rings. The summed E-state index contributed by atoms with van der Waals surface area (Å²) in [5, 5.41) is 20.8. The van der Waals surface area contributed by atoms with Gasteiger partial charge < -0.3 is 34.2 Å². The summed E-state index contributed by atoms with van der Waals surface area (Å²) in [6.45, 7) is 6.53. The molecular weight excluding hydrogens is 455 g/mol. The van der Waals surface area contributed by atoms with Crippen LogP contribution in [0.2, 0.25) is 0 Å². The van der Waals surface area contributed by atoms with Crippen LogP contribution in [0.5, 0.6) is 0 Å². The third-order valence-electron chi connectivity index (χ3n) is 6.79. The number of aliphatic carboxylic acids is 1. The molecular formula is C22H31N4NaO7. The Labute approximate surface area is 220 Å². The monoisotopic (exact) mass is 486 g/mol. The summed E-state index contributed by atoms with van der Waals surface area (Å²) in [4.78, 5) is 23.1. The van der Waals surface area contributed by atoms with E-state index in [1.807, 2.05) is 0 Å². The summed E-state index contributed by atoms with van der Waals surface area (Å²) in [6.07, 6.45) is 4.47. The number of amides is 1. The summed E-state index contributed by atoms with van der Waals surface area (Å²) in [5.41, 5.74) is 0.960. The number of hydrogen-bond acceptors (Lipinski definition) is 9. The zero-order valence-corrected chi connectivity index (χ0v) is 22.4. The van der Waals surface area contributed by atoms with Gasteiger partial charge in [-0.25, -0.2) is 9.48 Å². The van der Waals surface area contributed by atoms with Gasteiger partial charge in [-0.1, -0.05) is 16.9 Å². The Morgan fingerprint density at radius 2 is 2.15 bits per heavy atom. The molecule has 3 fully saturated rings. The molecule has 182 valence electrons. The Hall–Kier alpha value is -1.50. The van der Waals surface area contributed by atoms with E-state index in [2.05, 4.69) is 42.5 Å². The van der Waals surface area contributed by atoms with Crippen molar-refractivity contribution in [3.8, 4) is 0 Å². The van der Waals surface area contributed by atoms with Crippen LogP contribution in [0.15, 0.2) is 17.8 Å². The van der Waals surface area contributed by atoms with Gasteiger partial charge in [0.15, 0.2) is 0 Å². The molecule has 1 spiro atoms. The van der Waals surface area contributed by atoms with Crippen LogP contribution in [-0.2, 0) is 36.8 Å².